The van der Waals surface area contributed by atoms with Crippen molar-refractivity contribution in [2.75, 3.05) is 18.0 Å². The number of hydrogen-bond donors (Lipinski definition) is 1. The Labute approximate surface area is 114 Å². The number of aliphatic hydroxyl groups is 1. The van der Waals surface area contributed by atoms with Gasteiger partial charge < -0.3 is 10.0 Å². The van der Waals surface area contributed by atoms with Gasteiger partial charge in [0.2, 0.25) is 5.82 Å². The summed E-state index contributed by atoms with van der Waals surface area (Å²) in [5.41, 5.74) is 0.287. The number of halogens is 2. The smallest absolute Gasteiger partial charge is 0.299 e. The Balaban J connectivity index is 1.94. The van der Waals surface area contributed by atoms with E-state index < -0.39 is 18.4 Å². The first kappa shape index (κ1) is 13.2. The predicted molar refractivity (Wildman–Crippen MR) is 67.7 cm³/mol. The monoisotopic (exact) mass is 283 g/mol. The fraction of sp³-hybridized carbons (Fsp3) is 0.583. The minimum absolute atomic E-state index is 0.238. The van der Waals surface area contributed by atoms with Gasteiger partial charge in [0.15, 0.2) is 5.65 Å². The molecule has 1 aliphatic heterocycles. The molecule has 108 valence electrons. The summed E-state index contributed by atoms with van der Waals surface area (Å²) in [5, 5.41) is 21.2. The normalized spacial score (nSPS) is 23.8. The summed E-state index contributed by atoms with van der Waals surface area (Å²) in [5.74, 6) is 0.319. The van der Waals surface area contributed by atoms with E-state index in [0.29, 0.717) is 12.4 Å². The number of fused-ring (bicyclic) bond motifs is 1. The van der Waals surface area contributed by atoms with E-state index in [4.69, 9.17) is 0 Å². The van der Waals surface area contributed by atoms with Gasteiger partial charge >= 0.3 is 0 Å². The van der Waals surface area contributed by atoms with Crippen LogP contribution in [0, 0.1) is 5.92 Å². The molecule has 3 heterocycles. The molecular weight excluding hydrogens is 268 g/mol. The fourth-order valence-electron chi connectivity index (χ4n) is 2.36. The van der Waals surface area contributed by atoms with Crippen LogP contribution >= 0.6 is 0 Å². The third kappa shape index (κ3) is 2.20. The van der Waals surface area contributed by atoms with Gasteiger partial charge in [-0.05, 0) is 24.5 Å². The molecule has 20 heavy (non-hydrogen) atoms. The molecule has 1 fully saturated rings. The van der Waals surface area contributed by atoms with Crippen LogP contribution in [0.2, 0.25) is 0 Å². The number of hydrogen-bond acceptors (Lipinski definition) is 5. The lowest BCUT2D eigenvalue weighted by atomic mass is 9.96. The SMILES string of the molecule is CC1CCN(c2ccc3nnc(C(F)F)n3n2)CC1O. The molecular formula is C12H15F2N5O. The minimum atomic E-state index is -2.72. The van der Waals surface area contributed by atoms with Gasteiger partial charge in [-0.3, -0.25) is 0 Å². The third-order valence-electron chi connectivity index (χ3n) is 3.71. The van der Waals surface area contributed by atoms with Crippen molar-refractivity contribution in [3.05, 3.63) is 18.0 Å². The highest BCUT2D eigenvalue weighted by Gasteiger charge is 2.26. The predicted octanol–water partition coefficient (Wildman–Crippen LogP) is 1.27. The summed E-state index contributed by atoms with van der Waals surface area (Å²) in [6, 6.07) is 3.31. The lowest BCUT2D eigenvalue weighted by Crippen LogP contribution is -2.43. The molecule has 0 aromatic carbocycles. The number of nitrogens with zero attached hydrogens (tertiary/aromatic N) is 5. The maximum Gasteiger partial charge on any atom is 0.299 e. The van der Waals surface area contributed by atoms with E-state index in [1.54, 1.807) is 12.1 Å². The highest BCUT2D eigenvalue weighted by Crippen LogP contribution is 2.23. The van der Waals surface area contributed by atoms with Crippen LogP contribution in [0.15, 0.2) is 12.1 Å². The van der Waals surface area contributed by atoms with Crippen molar-refractivity contribution >= 4 is 11.5 Å². The zero-order chi connectivity index (χ0) is 14.3. The number of alkyl halides is 2. The van der Waals surface area contributed by atoms with Crippen molar-refractivity contribution in [3.8, 4) is 0 Å². The maximum atomic E-state index is 12.8. The first-order valence-electron chi connectivity index (χ1n) is 6.50. The lowest BCUT2D eigenvalue weighted by molar-refractivity contribution is 0.102. The van der Waals surface area contributed by atoms with E-state index in [1.165, 1.54) is 0 Å². The Hall–Kier alpha value is -1.83. The minimum Gasteiger partial charge on any atom is -0.391 e. The van der Waals surface area contributed by atoms with Gasteiger partial charge in [-0.25, -0.2) is 8.78 Å². The van der Waals surface area contributed by atoms with Crippen LogP contribution in [0.1, 0.15) is 25.6 Å². The molecule has 2 atom stereocenters. The average Bonchev–Trinajstić information content (AvgIpc) is 2.85. The summed E-state index contributed by atoms with van der Waals surface area (Å²) in [7, 11) is 0. The van der Waals surface area contributed by atoms with E-state index in [9.17, 15) is 13.9 Å². The Morgan fingerprint density at radius 3 is 2.85 bits per heavy atom. The van der Waals surface area contributed by atoms with Gasteiger partial charge in [-0.15, -0.1) is 15.3 Å². The van der Waals surface area contributed by atoms with Crippen LogP contribution in [0.25, 0.3) is 5.65 Å². The van der Waals surface area contributed by atoms with E-state index in [2.05, 4.69) is 15.3 Å². The first-order chi connectivity index (χ1) is 9.56. The van der Waals surface area contributed by atoms with Crippen molar-refractivity contribution in [3.63, 3.8) is 0 Å². The van der Waals surface area contributed by atoms with E-state index >= 15 is 0 Å². The summed E-state index contributed by atoms with van der Waals surface area (Å²) < 4.78 is 26.7. The zero-order valence-electron chi connectivity index (χ0n) is 10.9. The molecule has 1 aliphatic rings. The van der Waals surface area contributed by atoms with Gasteiger partial charge in [0.1, 0.15) is 5.82 Å². The second-order valence-corrected chi connectivity index (χ2v) is 5.10. The quantitative estimate of drug-likeness (QED) is 0.899. The van der Waals surface area contributed by atoms with Gasteiger partial charge in [-0.1, -0.05) is 6.92 Å². The molecule has 8 heteroatoms. The molecule has 6 nitrogen and oxygen atoms in total. The number of aliphatic hydroxyl groups excluding tert-OH is 1. The van der Waals surface area contributed by atoms with Gasteiger partial charge in [0.25, 0.3) is 6.43 Å². The molecule has 0 saturated carbocycles. The highest BCUT2D eigenvalue weighted by atomic mass is 19.3. The van der Waals surface area contributed by atoms with Crippen LogP contribution in [-0.2, 0) is 0 Å². The van der Waals surface area contributed by atoms with Crippen molar-refractivity contribution in [2.45, 2.75) is 25.9 Å². The second-order valence-electron chi connectivity index (χ2n) is 5.10. The van der Waals surface area contributed by atoms with Crippen LogP contribution in [0.5, 0.6) is 0 Å². The summed E-state index contributed by atoms with van der Waals surface area (Å²) in [6.45, 7) is 3.18. The Morgan fingerprint density at radius 2 is 2.15 bits per heavy atom. The van der Waals surface area contributed by atoms with Gasteiger partial charge in [-0.2, -0.15) is 4.52 Å². The Kier molecular flexibility index (Phi) is 3.25. The van der Waals surface area contributed by atoms with Crippen molar-refractivity contribution in [2.24, 2.45) is 5.92 Å². The van der Waals surface area contributed by atoms with Crippen LogP contribution in [0.4, 0.5) is 14.6 Å². The Bertz CT molecular complexity index is 617. The molecule has 0 aliphatic carbocycles. The molecule has 2 aromatic rings. The molecule has 1 saturated heterocycles. The third-order valence-corrected chi connectivity index (χ3v) is 3.71. The van der Waals surface area contributed by atoms with Crippen molar-refractivity contribution in [1.82, 2.24) is 19.8 Å². The Morgan fingerprint density at radius 1 is 1.35 bits per heavy atom. The fourth-order valence-corrected chi connectivity index (χ4v) is 2.36. The topological polar surface area (TPSA) is 66.6 Å². The molecule has 3 rings (SSSR count). The number of rotatable bonds is 2. The summed E-state index contributed by atoms with van der Waals surface area (Å²) >= 11 is 0. The second kappa shape index (κ2) is 4.93. The molecule has 0 spiro atoms. The first-order valence-corrected chi connectivity index (χ1v) is 6.50. The highest BCUT2D eigenvalue weighted by molar-refractivity contribution is 5.46. The molecule has 2 unspecified atom stereocenters. The maximum absolute atomic E-state index is 12.8. The van der Waals surface area contributed by atoms with Crippen molar-refractivity contribution in [1.29, 1.82) is 0 Å². The zero-order valence-corrected chi connectivity index (χ0v) is 10.9. The van der Waals surface area contributed by atoms with Crippen LogP contribution in [-0.4, -0.2) is 44.1 Å². The largest absolute Gasteiger partial charge is 0.391 e. The standard InChI is InChI=1S/C12H15F2N5O/c1-7-4-5-18(6-8(7)20)10-3-2-9-15-16-12(11(13)14)19(9)17-10/h2-3,7-8,11,20H,4-6H2,1H3. The molecule has 1 N–H and O–H groups in total. The van der Waals surface area contributed by atoms with Gasteiger partial charge in [0.05, 0.1) is 6.10 Å². The van der Waals surface area contributed by atoms with Crippen molar-refractivity contribution < 1.29 is 13.9 Å². The molecule has 0 radical (unpaired) electrons. The van der Waals surface area contributed by atoms with Gasteiger partial charge in [0, 0.05) is 13.1 Å². The average molecular weight is 283 g/mol. The van der Waals surface area contributed by atoms with E-state index in [1.807, 2.05) is 11.8 Å². The number of anilines is 1. The summed E-state index contributed by atoms with van der Waals surface area (Å²) in [6.07, 6.45) is -2.32. The van der Waals surface area contributed by atoms with Crippen LogP contribution in [0.3, 0.4) is 0 Å². The number of β-amino-alcohol motifs (C(OH)–C–C–N with tert-alkyl or cyclic N) is 1. The van der Waals surface area contributed by atoms with E-state index in [-0.39, 0.29) is 11.6 Å². The molecule has 0 bridgehead atoms. The number of aromatic nitrogens is 4. The summed E-state index contributed by atoms with van der Waals surface area (Å²) in [4.78, 5) is 1.89. The molecule has 2 aromatic heterocycles. The van der Waals surface area contributed by atoms with E-state index in [0.717, 1.165) is 17.5 Å². The van der Waals surface area contributed by atoms with Crippen LogP contribution < -0.4 is 4.90 Å². The lowest BCUT2D eigenvalue weighted by Gasteiger charge is -2.34. The molecule has 0 amide bonds. The number of piperidine rings is 1.